The van der Waals surface area contributed by atoms with Gasteiger partial charge in [0.1, 0.15) is 0 Å². The van der Waals surface area contributed by atoms with Gasteiger partial charge in [-0.05, 0) is 52.2 Å². The molecule has 0 spiro atoms. The molecule has 0 heterocycles. The number of amides is 1. The first-order valence-electron chi connectivity index (χ1n) is 7.48. The van der Waals surface area contributed by atoms with Crippen LogP contribution in [0.2, 0.25) is 0 Å². The van der Waals surface area contributed by atoms with Crippen LogP contribution in [-0.2, 0) is 4.79 Å². The molecule has 0 saturated carbocycles. The standard InChI is InChI=1S/C14H28F3N3O/c1-4-9-20(11-14(15,16)17)10-7-6-8-13(3,12(18)21)19-5-2/h19H,4-11H2,1-3H3,(H2,18,21). The van der Waals surface area contributed by atoms with E-state index in [4.69, 9.17) is 5.73 Å². The van der Waals surface area contributed by atoms with E-state index >= 15 is 0 Å². The van der Waals surface area contributed by atoms with Crippen LogP contribution in [0.3, 0.4) is 0 Å². The van der Waals surface area contributed by atoms with Crippen LogP contribution in [-0.4, -0.2) is 48.7 Å². The molecule has 0 aliphatic rings. The molecule has 0 aromatic carbocycles. The fourth-order valence-corrected chi connectivity index (χ4v) is 2.34. The van der Waals surface area contributed by atoms with Crippen molar-refractivity contribution in [2.45, 2.75) is 58.2 Å². The average Bonchev–Trinajstić information content (AvgIpc) is 2.33. The molecule has 0 aliphatic carbocycles. The van der Waals surface area contributed by atoms with Gasteiger partial charge in [-0.1, -0.05) is 13.8 Å². The van der Waals surface area contributed by atoms with E-state index in [1.165, 1.54) is 4.90 Å². The maximum atomic E-state index is 12.4. The predicted molar refractivity (Wildman–Crippen MR) is 77.9 cm³/mol. The Labute approximate surface area is 125 Å². The van der Waals surface area contributed by atoms with Crippen molar-refractivity contribution in [2.24, 2.45) is 5.73 Å². The van der Waals surface area contributed by atoms with Crippen molar-refractivity contribution in [3.63, 3.8) is 0 Å². The highest BCUT2D eigenvalue weighted by Crippen LogP contribution is 2.18. The van der Waals surface area contributed by atoms with Crippen molar-refractivity contribution in [1.82, 2.24) is 10.2 Å². The van der Waals surface area contributed by atoms with Gasteiger partial charge in [0.25, 0.3) is 0 Å². The summed E-state index contributed by atoms with van der Waals surface area (Å²) < 4.78 is 37.3. The van der Waals surface area contributed by atoms with Crippen molar-refractivity contribution in [1.29, 1.82) is 0 Å². The average molecular weight is 311 g/mol. The molecule has 0 bridgehead atoms. The highest BCUT2D eigenvalue weighted by Gasteiger charge is 2.31. The number of hydrogen-bond donors (Lipinski definition) is 2. The van der Waals surface area contributed by atoms with E-state index in [2.05, 4.69) is 5.32 Å². The van der Waals surface area contributed by atoms with Crippen LogP contribution >= 0.6 is 0 Å². The molecule has 0 saturated heterocycles. The minimum absolute atomic E-state index is 0.383. The first kappa shape index (κ1) is 20.2. The summed E-state index contributed by atoms with van der Waals surface area (Å²) in [6.45, 7) is 6.04. The third-order valence-electron chi connectivity index (χ3n) is 3.45. The van der Waals surface area contributed by atoms with Gasteiger partial charge in [0.05, 0.1) is 12.1 Å². The van der Waals surface area contributed by atoms with Gasteiger partial charge in [-0.25, -0.2) is 0 Å². The van der Waals surface area contributed by atoms with Crippen LogP contribution in [0, 0.1) is 0 Å². The molecule has 0 aliphatic heterocycles. The second-order valence-electron chi connectivity index (χ2n) is 5.58. The molecular weight excluding hydrogens is 283 g/mol. The lowest BCUT2D eigenvalue weighted by Crippen LogP contribution is -2.53. The zero-order valence-electron chi connectivity index (χ0n) is 13.2. The number of primary amides is 1. The number of alkyl halides is 3. The van der Waals surface area contributed by atoms with Crippen LogP contribution in [0.1, 0.15) is 46.5 Å². The molecular formula is C14H28F3N3O. The van der Waals surface area contributed by atoms with Crippen LogP contribution in [0.5, 0.6) is 0 Å². The lowest BCUT2D eigenvalue weighted by atomic mass is 9.94. The highest BCUT2D eigenvalue weighted by atomic mass is 19.4. The SMILES string of the molecule is CCCN(CCCCC(C)(NCC)C(N)=O)CC(F)(F)F. The van der Waals surface area contributed by atoms with Crippen LogP contribution in [0.4, 0.5) is 13.2 Å². The molecule has 7 heteroatoms. The molecule has 0 aromatic rings. The van der Waals surface area contributed by atoms with Crippen LogP contribution in [0.25, 0.3) is 0 Å². The number of likely N-dealkylation sites (N-methyl/N-ethyl adjacent to an activating group) is 1. The number of nitrogens with two attached hydrogens (primary N) is 1. The number of carbonyl (C=O) groups is 1. The molecule has 0 fully saturated rings. The molecule has 126 valence electrons. The Morgan fingerprint density at radius 3 is 2.24 bits per heavy atom. The summed E-state index contributed by atoms with van der Waals surface area (Å²) in [4.78, 5) is 12.8. The van der Waals surface area contributed by atoms with E-state index in [1.807, 2.05) is 13.8 Å². The van der Waals surface area contributed by atoms with Crippen molar-refractivity contribution in [3.05, 3.63) is 0 Å². The Morgan fingerprint density at radius 2 is 1.81 bits per heavy atom. The fraction of sp³-hybridized carbons (Fsp3) is 0.929. The molecule has 21 heavy (non-hydrogen) atoms. The van der Waals surface area contributed by atoms with Crippen molar-refractivity contribution < 1.29 is 18.0 Å². The third-order valence-corrected chi connectivity index (χ3v) is 3.45. The summed E-state index contributed by atoms with van der Waals surface area (Å²) in [5.41, 5.74) is 4.59. The Balaban J connectivity index is 4.22. The Morgan fingerprint density at radius 1 is 1.19 bits per heavy atom. The molecule has 0 rings (SSSR count). The van der Waals surface area contributed by atoms with E-state index in [0.29, 0.717) is 45.3 Å². The lowest BCUT2D eigenvalue weighted by Gasteiger charge is -2.28. The number of rotatable bonds is 11. The van der Waals surface area contributed by atoms with E-state index in [0.717, 1.165) is 0 Å². The van der Waals surface area contributed by atoms with Crippen molar-refractivity contribution >= 4 is 5.91 Å². The summed E-state index contributed by atoms with van der Waals surface area (Å²) in [5, 5.41) is 3.04. The first-order valence-corrected chi connectivity index (χ1v) is 7.48. The molecule has 3 N–H and O–H groups in total. The number of carbonyl (C=O) groups excluding carboxylic acids is 1. The van der Waals surface area contributed by atoms with Gasteiger partial charge in [0.2, 0.25) is 5.91 Å². The smallest absolute Gasteiger partial charge is 0.368 e. The van der Waals surface area contributed by atoms with E-state index < -0.39 is 24.2 Å². The maximum absolute atomic E-state index is 12.4. The van der Waals surface area contributed by atoms with Crippen LogP contribution < -0.4 is 11.1 Å². The second kappa shape index (κ2) is 9.25. The van der Waals surface area contributed by atoms with E-state index in [1.54, 1.807) is 6.92 Å². The third kappa shape index (κ3) is 8.93. The van der Waals surface area contributed by atoms with Gasteiger partial charge in [0.15, 0.2) is 0 Å². The Bertz CT molecular complexity index is 310. The van der Waals surface area contributed by atoms with Gasteiger partial charge in [-0.15, -0.1) is 0 Å². The predicted octanol–water partition coefficient (Wildman–Crippen LogP) is 2.28. The lowest BCUT2D eigenvalue weighted by molar-refractivity contribution is -0.146. The summed E-state index contributed by atoms with van der Waals surface area (Å²) in [5.74, 6) is -0.426. The van der Waals surface area contributed by atoms with E-state index in [-0.39, 0.29) is 0 Å². The summed E-state index contributed by atoms with van der Waals surface area (Å²) >= 11 is 0. The molecule has 1 amide bonds. The molecule has 0 radical (unpaired) electrons. The van der Waals surface area contributed by atoms with Gasteiger partial charge in [-0.3, -0.25) is 9.69 Å². The van der Waals surface area contributed by atoms with Crippen molar-refractivity contribution in [3.8, 4) is 0 Å². The van der Waals surface area contributed by atoms with Gasteiger partial charge in [-0.2, -0.15) is 13.2 Å². The fourth-order valence-electron chi connectivity index (χ4n) is 2.34. The summed E-state index contributed by atoms with van der Waals surface area (Å²) in [6, 6.07) is 0. The minimum Gasteiger partial charge on any atom is -0.368 e. The molecule has 4 nitrogen and oxygen atoms in total. The zero-order valence-corrected chi connectivity index (χ0v) is 13.2. The Hall–Kier alpha value is -0.820. The second-order valence-corrected chi connectivity index (χ2v) is 5.58. The van der Waals surface area contributed by atoms with Gasteiger partial charge < -0.3 is 11.1 Å². The number of nitrogens with one attached hydrogen (secondary N) is 1. The molecule has 1 unspecified atom stereocenters. The number of hydrogen-bond acceptors (Lipinski definition) is 3. The first-order chi connectivity index (χ1) is 9.64. The number of nitrogens with zero attached hydrogens (tertiary/aromatic N) is 1. The van der Waals surface area contributed by atoms with Gasteiger partial charge >= 0.3 is 6.18 Å². The normalized spacial score (nSPS) is 15.2. The highest BCUT2D eigenvalue weighted by molar-refractivity contribution is 5.84. The maximum Gasteiger partial charge on any atom is 0.401 e. The quantitative estimate of drug-likeness (QED) is 0.576. The topological polar surface area (TPSA) is 58.4 Å². The van der Waals surface area contributed by atoms with Crippen molar-refractivity contribution in [2.75, 3.05) is 26.2 Å². The Kier molecular flexibility index (Phi) is 8.89. The van der Waals surface area contributed by atoms with E-state index in [9.17, 15) is 18.0 Å². The number of halogens is 3. The molecule has 1 atom stereocenters. The van der Waals surface area contributed by atoms with Gasteiger partial charge in [0, 0.05) is 0 Å². The summed E-state index contributed by atoms with van der Waals surface area (Å²) in [6.07, 6.45) is -1.68. The molecule has 0 aromatic heterocycles. The number of unbranched alkanes of at least 4 members (excludes halogenated alkanes) is 1. The minimum atomic E-state index is -4.17. The van der Waals surface area contributed by atoms with Crippen LogP contribution in [0.15, 0.2) is 0 Å². The monoisotopic (exact) mass is 311 g/mol. The zero-order chi connectivity index (χ0) is 16.5. The largest absolute Gasteiger partial charge is 0.401 e. The summed E-state index contributed by atoms with van der Waals surface area (Å²) in [7, 11) is 0.